The minimum atomic E-state index is -0.140. The van der Waals surface area contributed by atoms with Gasteiger partial charge in [0.05, 0.1) is 6.54 Å². The minimum absolute atomic E-state index is 0.140. The number of carbonyl (C=O) groups excluding carboxylic acids is 1. The first-order valence-electron chi connectivity index (χ1n) is 4.17. The van der Waals surface area contributed by atoms with Crippen LogP contribution in [0.3, 0.4) is 0 Å². The van der Waals surface area contributed by atoms with E-state index >= 15 is 0 Å². The Balaban J connectivity index is 2.87. The SMILES string of the molecule is CC(C)(CN=C=O)c1[c]cccc1. The molecule has 0 saturated heterocycles. The van der Waals surface area contributed by atoms with E-state index in [1.807, 2.05) is 38.1 Å². The molecule has 0 fully saturated rings. The molecule has 0 aliphatic rings. The number of isocyanates is 1. The van der Waals surface area contributed by atoms with Gasteiger partial charge in [-0.3, -0.25) is 0 Å². The van der Waals surface area contributed by atoms with Crippen molar-refractivity contribution in [3.8, 4) is 0 Å². The molecule has 2 heteroatoms. The number of aliphatic imine (C=N–C) groups is 1. The summed E-state index contributed by atoms with van der Waals surface area (Å²) in [6, 6.07) is 10.9. The Bertz CT molecular complexity index is 310. The average Bonchev–Trinajstić information content (AvgIpc) is 2.16. The summed E-state index contributed by atoms with van der Waals surface area (Å²) in [4.78, 5) is 13.6. The van der Waals surface area contributed by atoms with Crippen LogP contribution in [0.25, 0.3) is 0 Å². The Morgan fingerprint density at radius 3 is 2.85 bits per heavy atom. The summed E-state index contributed by atoms with van der Waals surface area (Å²) in [6.07, 6.45) is 1.55. The van der Waals surface area contributed by atoms with Gasteiger partial charge in [-0.25, -0.2) is 9.79 Å². The molecule has 1 aromatic rings. The molecule has 13 heavy (non-hydrogen) atoms. The zero-order chi connectivity index (χ0) is 9.73. The average molecular weight is 174 g/mol. The van der Waals surface area contributed by atoms with Crippen LogP contribution in [0.1, 0.15) is 19.4 Å². The maximum atomic E-state index is 9.98. The van der Waals surface area contributed by atoms with E-state index in [0.29, 0.717) is 6.54 Å². The van der Waals surface area contributed by atoms with Crippen LogP contribution < -0.4 is 0 Å². The van der Waals surface area contributed by atoms with E-state index in [1.165, 1.54) is 0 Å². The summed E-state index contributed by atoms with van der Waals surface area (Å²) in [5.74, 6) is 0. The molecule has 0 heterocycles. The van der Waals surface area contributed by atoms with Gasteiger partial charge in [-0.05, 0) is 11.6 Å². The molecule has 2 nitrogen and oxygen atoms in total. The van der Waals surface area contributed by atoms with Gasteiger partial charge in [0.15, 0.2) is 0 Å². The molecule has 0 saturated carbocycles. The molecule has 0 atom stereocenters. The largest absolute Gasteiger partial charge is 0.234 e. The number of nitrogens with zero attached hydrogens (tertiary/aromatic N) is 1. The molecule has 67 valence electrons. The Morgan fingerprint density at radius 1 is 1.54 bits per heavy atom. The van der Waals surface area contributed by atoms with Gasteiger partial charge < -0.3 is 0 Å². The van der Waals surface area contributed by atoms with Crippen molar-refractivity contribution >= 4 is 6.08 Å². The first-order valence-corrected chi connectivity index (χ1v) is 4.17. The Labute approximate surface area is 78.3 Å². The van der Waals surface area contributed by atoms with Crippen molar-refractivity contribution in [3.63, 3.8) is 0 Å². The Hall–Kier alpha value is -1.40. The molecule has 0 aliphatic carbocycles. The van der Waals surface area contributed by atoms with Crippen LogP contribution in [-0.4, -0.2) is 12.6 Å². The summed E-state index contributed by atoms with van der Waals surface area (Å²) in [7, 11) is 0. The van der Waals surface area contributed by atoms with Gasteiger partial charge in [0, 0.05) is 5.41 Å². The highest BCUT2D eigenvalue weighted by Gasteiger charge is 2.19. The molecule has 0 aromatic heterocycles. The highest BCUT2D eigenvalue weighted by Crippen LogP contribution is 2.22. The predicted molar refractivity (Wildman–Crippen MR) is 51.3 cm³/mol. The van der Waals surface area contributed by atoms with Gasteiger partial charge in [-0.2, -0.15) is 0 Å². The number of hydrogen-bond donors (Lipinski definition) is 0. The van der Waals surface area contributed by atoms with Crippen LogP contribution in [0.5, 0.6) is 0 Å². The van der Waals surface area contributed by atoms with E-state index in [4.69, 9.17) is 0 Å². The zero-order valence-corrected chi connectivity index (χ0v) is 7.87. The maximum Gasteiger partial charge on any atom is 0.234 e. The second kappa shape index (κ2) is 4.01. The molecule has 0 spiro atoms. The van der Waals surface area contributed by atoms with Crippen molar-refractivity contribution in [1.82, 2.24) is 0 Å². The van der Waals surface area contributed by atoms with Crippen LogP contribution in [0.15, 0.2) is 29.3 Å². The van der Waals surface area contributed by atoms with Gasteiger partial charge in [-0.15, -0.1) is 0 Å². The van der Waals surface area contributed by atoms with Crippen LogP contribution in [0.2, 0.25) is 0 Å². The highest BCUT2D eigenvalue weighted by atomic mass is 16.1. The summed E-state index contributed by atoms with van der Waals surface area (Å²) < 4.78 is 0. The fourth-order valence-corrected chi connectivity index (χ4v) is 1.13. The standard InChI is InChI=1S/C11H12NO/c1-11(2,8-12-9-13)10-6-4-3-5-7-10/h3-6H,8H2,1-2H3. The minimum Gasteiger partial charge on any atom is -0.211 e. The molecule has 1 radical (unpaired) electrons. The van der Waals surface area contributed by atoms with Crippen molar-refractivity contribution in [2.24, 2.45) is 4.99 Å². The number of hydrogen-bond acceptors (Lipinski definition) is 2. The van der Waals surface area contributed by atoms with Crippen molar-refractivity contribution in [3.05, 3.63) is 35.9 Å². The van der Waals surface area contributed by atoms with E-state index in [1.54, 1.807) is 6.08 Å². The second-order valence-corrected chi connectivity index (χ2v) is 3.57. The molecule has 1 aromatic carbocycles. The fourth-order valence-electron chi connectivity index (χ4n) is 1.13. The van der Waals surface area contributed by atoms with Gasteiger partial charge >= 0.3 is 0 Å². The summed E-state index contributed by atoms with van der Waals surface area (Å²) in [5, 5.41) is 0. The van der Waals surface area contributed by atoms with Crippen LogP contribution in [0.4, 0.5) is 0 Å². The molecule has 0 amide bonds. The van der Waals surface area contributed by atoms with Gasteiger partial charge in [-0.1, -0.05) is 38.1 Å². The second-order valence-electron chi connectivity index (χ2n) is 3.57. The lowest BCUT2D eigenvalue weighted by Gasteiger charge is -2.21. The Kier molecular flexibility index (Phi) is 2.99. The molecule has 0 N–H and O–H groups in total. The third-order valence-electron chi connectivity index (χ3n) is 1.98. The van der Waals surface area contributed by atoms with Crippen LogP contribution >= 0.6 is 0 Å². The maximum absolute atomic E-state index is 9.98. The number of benzene rings is 1. The van der Waals surface area contributed by atoms with Gasteiger partial charge in [0.2, 0.25) is 6.08 Å². The lowest BCUT2D eigenvalue weighted by molar-refractivity contribution is 0.525. The summed E-state index contributed by atoms with van der Waals surface area (Å²) in [5.41, 5.74) is 0.924. The zero-order valence-electron chi connectivity index (χ0n) is 7.87. The normalized spacial score (nSPS) is 10.6. The van der Waals surface area contributed by atoms with E-state index in [2.05, 4.69) is 11.1 Å². The first-order chi connectivity index (χ1) is 6.17. The fraction of sp³-hybridized carbons (Fsp3) is 0.364. The Morgan fingerprint density at radius 2 is 2.31 bits per heavy atom. The van der Waals surface area contributed by atoms with Gasteiger partial charge in [0.25, 0.3) is 0 Å². The molecular weight excluding hydrogens is 162 g/mol. The highest BCUT2D eigenvalue weighted by molar-refractivity contribution is 5.34. The van der Waals surface area contributed by atoms with Crippen LogP contribution in [-0.2, 0) is 10.2 Å². The monoisotopic (exact) mass is 174 g/mol. The lowest BCUT2D eigenvalue weighted by atomic mass is 9.85. The molecule has 1 rings (SSSR count). The van der Waals surface area contributed by atoms with Crippen LogP contribution in [0, 0.1) is 6.07 Å². The van der Waals surface area contributed by atoms with Gasteiger partial charge in [0.1, 0.15) is 0 Å². The third-order valence-corrected chi connectivity index (χ3v) is 1.98. The van der Waals surface area contributed by atoms with Crippen molar-refractivity contribution < 1.29 is 4.79 Å². The predicted octanol–water partition coefficient (Wildman–Crippen LogP) is 2.10. The summed E-state index contributed by atoms with van der Waals surface area (Å²) in [6.45, 7) is 4.51. The molecule has 0 bridgehead atoms. The van der Waals surface area contributed by atoms with E-state index in [-0.39, 0.29) is 5.41 Å². The first kappa shape index (κ1) is 9.69. The van der Waals surface area contributed by atoms with E-state index in [9.17, 15) is 4.79 Å². The molecular formula is C11H12NO. The van der Waals surface area contributed by atoms with Crippen molar-refractivity contribution in [2.75, 3.05) is 6.54 Å². The topological polar surface area (TPSA) is 29.4 Å². The third kappa shape index (κ3) is 2.53. The lowest BCUT2D eigenvalue weighted by Crippen LogP contribution is -2.20. The summed E-state index contributed by atoms with van der Waals surface area (Å²) >= 11 is 0. The van der Waals surface area contributed by atoms with Crippen molar-refractivity contribution in [1.29, 1.82) is 0 Å². The quantitative estimate of drug-likeness (QED) is 0.509. The number of rotatable bonds is 3. The van der Waals surface area contributed by atoms with Crippen molar-refractivity contribution in [2.45, 2.75) is 19.3 Å². The molecule has 0 unspecified atom stereocenters. The smallest absolute Gasteiger partial charge is 0.211 e. The van der Waals surface area contributed by atoms with E-state index < -0.39 is 0 Å². The molecule has 0 aliphatic heterocycles. The van der Waals surface area contributed by atoms with E-state index in [0.717, 1.165) is 5.56 Å².